The number of unbranched alkanes of at least 4 members (excludes halogenated alkanes) is 15. The van der Waals surface area contributed by atoms with Crippen LogP contribution in [0.25, 0.3) is 0 Å². The van der Waals surface area contributed by atoms with Gasteiger partial charge in [-0.3, -0.25) is 4.18 Å². The molecule has 1 rings (SSSR count). The van der Waals surface area contributed by atoms with Gasteiger partial charge < -0.3 is 6.15 Å². The molecule has 0 spiro atoms. The molecule has 218 valence electrons. The summed E-state index contributed by atoms with van der Waals surface area (Å²) in [6.45, 7) is 8.72. The zero-order chi connectivity index (χ0) is 26.5. The number of hydrogen-bond acceptors (Lipinski definition) is 4. The van der Waals surface area contributed by atoms with E-state index in [-0.39, 0.29) is 6.15 Å². The summed E-state index contributed by atoms with van der Waals surface area (Å²) in [7, 11) is -3.79. The van der Waals surface area contributed by atoms with Gasteiger partial charge in [-0.25, -0.2) is 0 Å². The largest absolute Gasteiger partial charge is 0.344 e. The Labute approximate surface area is 231 Å². The normalized spacial score (nSPS) is 12.0. The first-order chi connectivity index (χ1) is 17.4. The molecule has 5 heteroatoms. The molecular formula is C32H61NO3S. The number of rotatable bonds is 24. The third-order valence-electron chi connectivity index (χ3n) is 7.55. The molecule has 0 saturated carbocycles. The van der Waals surface area contributed by atoms with E-state index in [2.05, 4.69) is 20.8 Å². The van der Waals surface area contributed by atoms with E-state index in [4.69, 9.17) is 4.18 Å². The molecule has 1 aromatic rings. The summed E-state index contributed by atoms with van der Waals surface area (Å²) < 4.78 is 33.2. The lowest BCUT2D eigenvalue weighted by molar-refractivity contribution is 0.0401. The first-order valence-electron chi connectivity index (χ1n) is 15.4. The molecule has 4 nitrogen and oxygen atoms in total. The van der Waals surface area contributed by atoms with E-state index in [1.807, 2.05) is 19.1 Å². The van der Waals surface area contributed by atoms with Crippen molar-refractivity contribution in [3.63, 3.8) is 0 Å². The topological polar surface area (TPSA) is 78.4 Å². The Bertz CT molecular complexity index is 705. The van der Waals surface area contributed by atoms with Gasteiger partial charge in [-0.1, -0.05) is 154 Å². The fraction of sp³-hybridized carbons (Fsp3) is 0.812. The van der Waals surface area contributed by atoms with Gasteiger partial charge in [0.25, 0.3) is 10.1 Å². The lowest BCUT2D eigenvalue weighted by atomic mass is 9.85. The van der Waals surface area contributed by atoms with Crippen molar-refractivity contribution in [1.82, 2.24) is 6.15 Å². The third-order valence-corrected chi connectivity index (χ3v) is 8.98. The zero-order valence-electron chi connectivity index (χ0n) is 25.0. The average molecular weight is 540 g/mol. The Kier molecular flexibility index (Phi) is 21.4. The van der Waals surface area contributed by atoms with Crippen LogP contribution >= 0.6 is 0 Å². The number of hydrogen-bond donors (Lipinski definition) is 1. The highest BCUT2D eigenvalue weighted by molar-refractivity contribution is 7.86. The quantitative estimate of drug-likeness (QED) is 0.105. The van der Waals surface area contributed by atoms with Gasteiger partial charge in [0.05, 0.1) is 10.5 Å². The van der Waals surface area contributed by atoms with Crippen LogP contribution < -0.4 is 6.15 Å². The molecule has 0 heterocycles. The summed E-state index contributed by atoms with van der Waals surface area (Å²) in [5, 5.41) is 0. The van der Waals surface area contributed by atoms with Crippen LogP contribution in [0.4, 0.5) is 0 Å². The summed E-state index contributed by atoms with van der Waals surface area (Å²) in [5.74, 6) is 0. The molecule has 3 N–H and O–H groups in total. The zero-order valence-corrected chi connectivity index (χ0v) is 25.8. The van der Waals surface area contributed by atoms with Gasteiger partial charge in [0.1, 0.15) is 0 Å². The highest BCUT2D eigenvalue weighted by atomic mass is 32.2. The van der Waals surface area contributed by atoms with Crippen molar-refractivity contribution >= 4 is 10.1 Å². The van der Waals surface area contributed by atoms with Gasteiger partial charge in [-0.15, -0.1) is 0 Å². The van der Waals surface area contributed by atoms with Crippen LogP contribution in [0.1, 0.15) is 161 Å². The maximum absolute atomic E-state index is 13.5. The second-order valence-electron chi connectivity index (χ2n) is 11.1. The molecule has 0 aliphatic rings. The van der Waals surface area contributed by atoms with Crippen LogP contribution in [-0.4, -0.2) is 14.0 Å². The lowest BCUT2D eigenvalue weighted by Gasteiger charge is -2.34. The van der Waals surface area contributed by atoms with Crippen molar-refractivity contribution in [3.05, 3.63) is 29.8 Å². The molecule has 0 amide bonds. The Morgan fingerprint density at radius 1 is 0.568 bits per heavy atom. The van der Waals surface area contributed by atoms with Crippen LogP contribution in [-0.2, 0) is 14.3 Å². The van der Waals surface area contributed by atoms with Gasteiger partial charge in [0.15, 0.2) is 0 Å². The minimum absolute atomic E-state index is 0. The number of aryl methyl sites for hydroxylation is 1. The molecule has 0 unspecified atom stereocenters. The first kappa shape index (κ1) is 36.1. The Hall–Kier alpha value is -0.910. The minimum atomic E-state index is -3.79. The van der Waals surface area contributed by atoms with Crippen LogP contribution in [0.3, 0.4) is 0 Å². The molecule has 0 fully saturated rings. The van der Waals surface area contributed by atoms with Crippen molar-refractivity contribution in [2.45, 2.75) is 173 Å². The lowest BCUT2D eigenvalue weighted by Crippen LogP contribution is -2.35. The van der Waals surface area contributed by atoms with Crippen LogP contribution in [0.5, 0.6) is 0 Å². The van der Waals surface area contributed by atoms with E-state index in [9.17, 15) is 8.42 Å². The fourth-order valence-corrected chi connectivity index (χ4v) is 6.45. The molecule has 37 heavy (non-hydrogen) atoms. The molecule has 0 aromatic heterocycles. The van der Waals surface area contributed by atoms with Gasteiger partial charge >= 0.3 is 0 Å². The fourth-order valence-electron chi connectivity index (χ4n) is 5.17. The van der Waals surface area contributed by atoms with Crippen molar-refractivity contribution in [2.24, 2.45) is 0 Å². The van der Waals surface area contributed by atoms with Crippen molar-refractivity contribution in [1.29, 1.82) is 0 Å². The first-order valence-corrected chi connectivity index (χ1v) is 16.8. The van der Waals surface area contributed by atoms with Crippen LogP contribution in [0.15, 0.2) is 29.2 Å². The van der Waals surface area contributed by atoms with E-state index in [1.165, 1.54) is 96.3 Å². The van der Waals surface area contributed by atoms with Crippen molar-refractivity contribution < 1.29 is 12.6 Å². The Morgan fingerprint density at radius 2 is 0.892 bits per heavy atom. The number of benzene rings is 1. The summed E-state index contributed by atoms with van der Waals surface area (Å²) in [6.07, 6.45) is 24.4. The summed E-state index contributed by atoms with van der Waals surface area (Å²) >= 11 is 0. The molecule has 0 atom stereocenters. The molecule has 0 aliphatic carbocycles. The predicted molar refractivity (Wildman–Crippen MR) is 161 cm³/mol. The second kappa shape index (κ2) is 22.0. The SMILES string of the molecule is CCCCCCCCC(CCCCCCCC)(CCCCCCCC)OS(=O)(=O)c1ccc(C)cc1.N. The Balaban J connectivity index is 0.0000130. The molecule has 1 aromatic carbocycles. The summed E-state index contributed by atoms with van der Waals surface area (Å²) in [6, 6.07) is 7.14. The predicted octanol–water partition coefficient (Wildman–Crippen LogP) is 10.9. The third kappa shape index (κ3) is 16.6. The van der Waals surface area contributed by atoms with Gasteiger partial charge in [0, 0.05) is 0 Å². The van der Waals surface area contributed by atoms with Crippen molar-refractivity contribution in [3.8, 4) is 0 Å². The van der Waals surface area contributed by atoms with E-state index < -0.39 is 15.7 Å². The monoisotopic (exact) mass is 539 g/mol. The van der Waals surface area contributed by atoms with Crippen molar-refractivity contribution in [2.75, 3.05) is 0 Å². The highest BCUT2D eigenvalue weighted by Gasteiger charge is 2.36. The van der Waals surface area contributed by atoms with E-state index in [0.29, 0.717) is 4.90 Å². The summed E-state index contributed by atoms with van der Waals surface area (Å²) in [4.78, 5) is 0.298. The molecular weight excluding hydrogens is 478 g/mol. The Morgan fingerprint density at radius 3 is 1.24 bits per heavy atom. The molecule has 0 bridgehead atoms. The molecule has 0 aliphatic heterocycles. The smallest absolute Gasteiger partial charge is 0.297 e. The van der Waals surface area contributed by atoms with Gasteiger partial charge in [-0.2, -0.15) is 8.42 Å². The highest BCUT2D eigenvalue weighted by Crippen LogP contribution is 2.36. The average Bonchev–Trinajstić information content (AvgIpc) is 2.85. The minimum Gasteiger partial charge on any atom is -0.344 e. The standard InChI is InChI=1S/C32H58O3S.H3N/c1-5-8-11-14-17-20-27-32(28-21-18-15-12-9-6-2,29-22-19-16-13-10-7-3)35-36(33,34)31-25-23-30(4)24-26-31;/h23-26H,5-22,27-29H2,1-4H3;1H3. The summed E-state index contributed by atoms with van der Waals surface area (Å²) in [5.41, 5.74) is 0.496. The second-order valence-corrected chi connectivity index (χ2v) is 12.6. The van der Waals surface area contributed by atoms with Crippen LogP contribution in [0, 0.1) is 6.92 Å². The maximum atomic E-state index is 13.5. The molecule has 0 radical (unpaired) electrons. The molecule has 0 saturated heterocycles. The van der Waals surface area contributed by atoms with Gasteiger partial charge in [-0.05, 0) is 38.3 Å². The van der Waals surface area contributed by atoms with E-state index in [1.54, 1.807) is 12.1 Å². The maximum Gasteiger partial charge on any atom is 0.297 e. The van der Waals surface area contributed by atoms with Gasteiger partial charge in [0.2, 0.25) is 0 Å². The van der Waals surface area contributed by atoms with Crippen LogP contribution in [0.2, 0.25) is 0 Å². The van der Waals surface area contributed by atoms with E-state index in [0.717, 1.165) is 44.1 Å². The van der Waals surface area contributed by atoms with E-state index >= 15 is 0 Å².